The Labute approximate surface area is 113 Å². The fourth-order valence-corrected chi connectivity index (χ4v) is 2.28. The number of ether oxygens (including phenoxy) is 1. The van der Waals surface area contributed by atoms with Gasteiger partial charge in [0.05, 0.1) is 17.3 Å². The molecule has 0 radical (unpaired) electrons. The quantitative estimate of drug-likeness (QED) is 0.462. The summed E-state index contributed by atoms with van der Waals surface area (Å²) in [6.45, 7) is 6.03. The molecule has 2 N–H and O–H groups in total. The first-order valence-electron chi connectivity index (χ1n) is 5.85. The molecule has 17 heavy (non-hydrogen) atoms. The summed E-state index contributed by atoms with van der Waals surface area (Å²) in [6.07, 6.45) is 1.12. The molecule has 0 spiro atoms. The van der Waals surface area contributed by atoms with E-state index in [1.165, 1.54) is 0 Å². The third-order valence-electron chi connectivity index (χ3n) is 2.31. The third kappa shape index (κ3) is 6.20. The number of halogens is 1. The molecule has 0 aromatic heterocycles. The predicted octanol–water partition coefficient (Wildman–Crippen LogP) is 4.08. The standard InChI is InChI=1S/C13H20ClNOS/c1-10(2)5-6-16-7-8-17-11-3-4-13(15)12(14)9-11/h3-4,9-10H,5-8,15H2,1-2H3. The largest absolute Gasteiger partial charge is 0.398 e. The second-order valence-corrected chi connectivity index (χ2v) is 5.90. The monoisotopic (exact) mass is 273 g/mol. The lowest BCUT2D eigenvalue weighted by atomic mass is 10.1. The summed E-state index contributed by atoms with van der Waals surface area (Å²) < 4.78 is 5.54. The lowest BCUT2D eigenvalue weighted by Crippen LogP contribution is -2.02. The zero-order valence-electron chi connectivity index (χ0n) is 10.4. The van der Waals surface area contributed by atoms with Gasteiger partial charge in [0.25, 0.3) is 0 Å². The van der Waals surface area contributed by atoms with E-state index in [-0.39, 0.29) is 0 Å². The van der Waals surface area contributed by atoms with Crippen LogP contribution in [0.3, 0.4) is 0 Å². The van der Waals surface area contributed by atoms with E-state index >= 15 is 0 Å². The Balaban J connectivity index is 2.16. The average Bonchev–Trinajstić information content (AvgIpc) is 2.27. The molecule has 0 fully saturated rings. The van der Waals surface area contributed by atoms with Gasteiger partial charge in [0, 0.05) is 17.3 Å². The number of anilines is 1. The van der Waals surface area contributed by atoms with Crippen molar-refractivity contribution in [2.24, 2.45) is 5.92 Å². The molecule has 0 heterocycles. The summed E-state index contributed by atoms with van der Waals surface area (Å²) in [5.74, 6) is 1.65. The molecule has 0 aliphatic carbocycles. The Kier molecular flexibility index (Phi) is 6.78. The maximum Gasteiger partial charge on any atom is 0.0646 e. The Hall–Kier alpha value is -0.380. The number of benzene rings is 1. The minimum absolute atomic E-state index is 0.621. The van der Waals surface area contributed by atoms with Crippen molar-refractivity contribution in [1.29, 1.82) is 0 Å². The zero-order valence-corrected chi connectivity index (χ0v) is 12.0. The van der Waals surface area contributed by atoms with Crippen molar-refractivity contribution in [2.75, 3.05) is 24.7 Å². The third-order valence-corrected chi connectivity index (χ3v) is 3.59. The van der Waals surface area contributed by atoms with Gasteiger partial charge in [-0.25, -0.2) is 0 Å². The van der Waals surface area contributed by atoms with Crippen molar-refractivity contribution in [3.63, 3.8) is 0 Å². The smallest absolute Gasteiger partial charge is 0.0646 e. The van der Waals surface area contributed by atoms with Crippen LogP contribution in [-0.4, -0.2) is 19.0 Å². The Morgan fingerprint density at radius 1 is 1.35 bits per heavy atom. The van der Waals surface area contributed by atoms with Crippen LogP contribution in [0.2, 0.25) is 5.02 Å². The summed E-state index contributed by atoms with van der Waals surface area (Å²) in [6, 6.07) is 5.72. The SMILES string of the molecule is CC(C)CCOCCSc1ccc(N)c(Cl)c1. The first-order valence-corrected chi connectivity index (χ1v) is 7.21. The molecule has 1 aromatic carbocycles. The molecule has 1 aromatic rings. The van der Waals surface area contributed by atoms with Gasteiger partial charge in [-0.2, -0.15) is 0 Å². The van der Waals surface area contributed by atoms with Gasteiger partial charge in [0.2, 0.25) is 0 Å². The van der Waals surface area contributed by atoms with E-state index in [9.17, 15) is 0 Å². The summed E-state index contributed by atoms with van der Waals surface area (Å²) >= 11 is 7.68. The van der Waals surface area contributed by atoms with Gasteiger partial charge in [-0.05, 0) is 30.5 Å². The number of thioether (sulfide) groups is 1. The van der Waals surface area contributed by atoms with Crippen molar-refractivity contribution < 1.29 is 4.74 Å². The first kappa shape index (κ1) is 14.7. The highest BCUT2D eigenvalue weighted by atomic mass is 35.5. The van der Waals surface area contributed by atoms with Crippen molar-refractivity contribution in [2.45, 2.75) is 25.2 Å². The molecule has 0 bridgehead atoms. The van der Waals surface area contributed by atoms with E-state index in [1.807, 2.05) is 18.2 Å². The lowest BCUT2D eigenvalue weighted by Gasteiger charge is -2.07. The van der Waals surface area contributed by atoms with Crippen LogP contribution in [0.15, 0.2) is 23.1 Å². The van der Waals surface area contributed by atoms with Crippen molar-refractivity contribution >= 4 is 29.1 Å². The van der Waals surface area contributed by atoms with E-state index in [4.69, 9.17) is 22.1 Å². The molecule has 0 aliphatic heterocycles. The fraction of sp³-hybridized carbons (Fsp3) is 0.538. The van der Waals surface area contributed by atoms with E-state index in [2.05, 4.69) is 13.8 Å². The van der Waals surface area contributed by atoms with Crippen molar-refractivity contribution in [1.82, 2.24) is 0 Å². The second-order valence-electron chi connectivity index (χ2n) is 4.33. The maximum atomic E-state index is 5.94. The molecule has 96 valence electrons. The normalized spacial score (nSPS) is 11.1. The number of nitrogens with two attached hydrogens (primary N) is 1. The molecule has 0 aliphatic rings. The topological polar surface area (TPSA) is 35.2 Å². The van der Waals surface area contributed by atoms with Crippen LogP contribution in [0, 0.1) is 5.92 Å². The minimum Gasteiger partial charge on any atom is -0.398 e. The van der Waals surface area contributed by atoms with E-state index in [0.717, 1.165) is 30.3 Å². The predicted molar refractivity (Wildman–Crippen MR) is 76.9 cm³/mol. The van der Waals surface area contributed by atoms with Crippen LogP contribution < -0.4 is 5.73 Å². The van der Waals surface area contributed by atoms with Gasteiger partial charge in [-0.15, -0.1) is 11.8 Å². The highest BCUT2D eigenvalue weighted by Crippen LogP contribution is 2.26. The minimum atomic E-state index is 0.621. The second kappa shape index (κ2) is 7.85. The molecule has 0 saturated carbocycles. The molecular weight excluding hydrogens is 254 g/mol. The first-order chi connectivity index (χ1) is 8.09. The van der Waals surface area contributed by atoms with Crippen LogP contribution in [-0.2, 0) is 4.74 Å². The van der Waals surface area contributed by atoms with E-state index in [0.29, 0.717) is 16.6 Å². The summed E-state index contributed by atoms with van der Waals surface area (Å²) in [7, 11) is 0. The molecule has 0 atom stereocenters. The molecular formula is C13H20ClNOS. The van der Waals surface area contributed by atoms with Crippen LogP contribution in [0.25, 0.3) is 0 Å². The molecule has 4 heteroatoms. The summed E-state index contributed by atoms with van der Waals surface area (Å²) in [4.78, 5) is 1.14. The van der Waals surface area contributed by atoms with Crippen molar-refractivity contribution in [3.05, 3.63) is 23.2 Å². The zero-order chi connectivity index (χ0) is 12.7. The van der Waals surface area contributed by atoms with E-state index in [1.54, 1.807) is 11.8 Å². The number of nitrogen functional groups attached to an aromatic ring is 1. The van der Waals surface area contributed by atoms with Crippen LogP contribution >= 0.6 is 23.4 Å². The van der Waals surface area contributed by atoms with E-state index < -0.39 is 0 Å². The summed E-state index contributed by atoms with van der Waals surface area (Å²) in [5, 5.41) is 0.621. The molecule has 0 saturated heterocycles. The average molecular weight is 274 g/mol. The number of hydrogen-bond donors (Lipinski definition) is 1. The highest BCUT2D eigenvalue weighted by Gasteiger charge is 1.99. The number of rotatable bonds is 7. The molecule has 2 nitrogen and oxygen atoms in total. The molecule has 1 rings (SSSR count). The van der Waals surface area contributed by atoms with Gasteiger partial charge in [0.1, 0.15) is 0 Å². The highest BCUT2D eigenvalue weighted by molar-refractivity contribution is 7.99. The van der Waals surface area contributed by atoms with Crippen LogP contribution in [0.4, 0.5) is 5.69 Å². The Bertz CT molecular complexity index is 344. The summed E-state index contributed by atoms with van der Waals surface area (Å²) in [5.41, 5.74) is 6.27. The van der Waals surface area contributed by atoms with Gasteiger partial charge in [-0.1, -0.05) is 25.4 Å². The maximum absolute atomic E-state index is 5.94. The van der Waals surface area contributed by atoms with Gasteiger partial charge < -0.3 is 10.5 Å². The van der Waals surface area contributed by atoms with Gasteiger partial charge in [0.15, 0.2) is 0 Å². The Morgan fingerprint density at radius 2 is 2.12 bits per heavy atom. The molecule has 0 amide bonds. The molecule has 0 unspecified atom stereocenters. The Morgan fingerprint density at radius 3 is 2.76 bits per heavy atom. The lowest BCUT2D eigenvalue weighted by molar-refractivity contribution is 0.138. The van der Waals surface area contributed by atoms with Gasteiger partial charge >= 0.3 is 0 Å². The van der Waals surface area contributed by atoms with Gasteiger partial charge in [-0.3, -0.25) is 0 Å². The fourth-order valence-electron chi connectivity index (χ4n) is 1.24. The van der Waals surface area contributed by atoms with Crippen LogP contribution in [0.1, 0.15) is 20.3 Å². The van der Waals surface area contributed by atoms with Crippen molar-refractivity contribution in [3.8, 4) is 0 Å². The van der Waals surface area contributed by atoms with Crippen LogP contribution in [0.5, 0.6) is 0 Å². The number of hydrogen-bond acceptors (Lipinski definition) is 3.